The van der Waals surface area contributed by atoms with Gasteiger partial charge in [0, 0.05) is 12.0 Å². The van der Waals surface area contributed by atoms with Crippen molar-refractivity contribution in [1.29, 1.82) is 0 Å². The molecule has 1 aliphatic carbocycles. The van der Waals surface area contributed by atoms with Gasteiger partial charge in [-0.25, -0.2) is 13.2 Å². The molecular weight excluding hydrogens is 193 g/mol. The molecule has 0 radical (unpaired) electrons. The van der Waals surface area contributed by atoms with E-state index in [1.807, 2.05) is 0 Å². The summed E-state index contributed by atoms with van der Waals surface area (Å²) in [6, 6.07) is 2.02. The van der Waals surface area contributed by atoms with Gasteiger partial charge >= 0.3 is 0 Å². The zero-order chi connectivity index (χ0) is 10.3. The van der Waals surface area contributed by atoms with Gasteiger partial charge in [0.15, 0.2) is 5.78 Å². The molecule has 0 bridgehead atoms. The molecule has 0 amide bonds. The summed E-state index contributed by atoms with van der Waals surface area (Å²) in [4.78, 5) is 11.2. The maximum atomic E-state index is 13.0. The fourth-order valence-electron chi connectivity index (χ4n) is 1.65. The Balaban J connectivity index is 2.57. The molecule has 14 heavy (non-hydrogen) atoms. The molecule has 1 aliphatic rings. The van der Waals surface area contributed by atoms with Crippen LogP contribution in [0.25, 0.3) is 0 Å². The van der Waals surface area contributed by atoms with Gasteiger partial charge in [-0.15, -0.1) is 0 Å². The highest BCUT2D eigenvalue weighted by molar-refractivity contribution is 6.00. The molecule has 0 atom stereocenters. The molecule has 74 valence electrons. The van der Waals surface area contributed by atoms with Crippen LogP contribution >= 0.6 is 0 Å². The smallest absolute Gasteiger partial charge is 0.266 e. The van der Waals surface area contributed by atoms with Crippen LogP contribution in [-0.4, -0.2) is 5.78 Å². The van der Waals surface area contributed by atoms with Crippen molar-refractivity contribution in [3.05, 3.63) is 34.6 Å². The number of benzene rings is 1. The molecule has 0 heterocycles. The summed E-state index contributed by atoms with van der Waals surface area (Å²) < 4.78 is 37.6. The van der Waals surface area contributed by atoms with Crippen LogP contribution in [0.4, 0.5) is 13.2 Å². The third kappa shape index (κ3) is 1.31. The average molecular weight is 200 g/mol. The number of hydrogen-bond acceptors (Lipinski definition) is 1. The van der Waals surface area contributed by atoms with E-state index in [0.717, 1.165) is 12.1 Å². The fraction of sp³-hybridized carbons (Fsp3) is 0.300. The van der Waals surface area contributed by atoms with Crippen molar-refractivity contribution in [2.75, 3.05) is 0 Å². The zero-order valence-electron chi connectivity index (χ0n) is 7.19. The van der Waals surface area contributed by atoms with E-state index in [1.165, 1.54) is 0 Å². The first kappa shape index (κ1) is 9.24. The Morgan fingerprint density at radius 1 is 1.21 bits per heavy atom. The molecule has 0 aromatic heterocycles. The first-order valence-corrected chi connectivity index (χ1v) is 4.23. The van der Waals surface area contributed by atoms with E-state index >= 15 is 0 Å². The van der Waals surface area contributed by atoms with Crippen LogP contribution in [0.15, 0.2) is 12.1 Å². The average Bonchev–Trinajstić information content (AvgIpc) is 2.46. The number of alkyl halides is 2. The number of rotatable bonds is 1. The van der Waals surface area contributed by atoms with Crippen molar-refractivity contribution in [2.45, 2.75) is 19.3 Å². The van der Waals surface area contributed by atoms with E-state index in [0.29, 0.717) is 18.4 Å². The summed E-state index contributed by atoms with van der Waals surface area (Å²) in [5.41, 5.74) is 0.109. The van der Waals surface area contributed by atoms with Gasteiger partial charge < -0.3 is 0 Å². The van der Waals surface area contributed by atoms with Crippen LogP contribution in [0.2, 0.25) is 0 Å². The fourth-order valence-corrected chi connectivity index (χ4v) is 1.65. The summed E-state index contributed by atoms with van der Waals surface area (Å²) in [6.45, 7) is 0. The van der Waals surface area contributed by atoms with E-state index in [9.17, 15) is 18.0 Å². The number of carbonyl (C=O) groups excluding carboxylic acids is 1. The maximum Gasteiger partial charge on any atom is 0.266 e. The van der Waals surface area contributed by atoms with Crippen LogP contribution in [-0.2, 0) is 6.42 Å². The first-order valence-electron chi connectivity index (χ1n) is 4.23. The van der Waals surface area contributed by atoms with E-state index in [4.69, 9.17) is 0 Å². The standard InChI is InChI=1S/C10H7F3O/c11-8-3-5-1-2-9(14)6(5)4-7(8)10(12)13/h3-4,10H,1-2H2. The third-order valence-corrected chi connectivity index (χ3v) is 2.38. The lowest BCUT2D eigenvalue weighted by Gasteiger charge is -2.04. The number of ketones is 1. The van der Waals surface area contributed by atoms with Crippen molar-refractivity contribution in [1.82, 2.24) is 0 Å². The second-order valence-electron chi connectivity index (χ2n) is 3.25. The predicted octanol–water partition coefficient (Wildman–Crippen LogP) is 2.89. The van der Waals surface area contributed by atoms with E-state index in [2.05, 4.69) is 0 Å². The Kier molecular flexibility index (Phi) is 2.06. The van der Waals surface area contributed by atoms with Crippen LogP contribution in [0.1, 0.15) is 34.3 Å². The lowest BCUT2D eigenvalue weighted by Crippen LogP contribution is -1.97. The Labute approximate surface area is 78.5 Å². The van der Waals surface area contributed by atoms with Gasteiger partial charge in [-0.3, -0.25) is 4.79 Å². The normalized spacial score (nSPS) is 15.0. The van der Waals surface area contributed by atoms with Crippen molar-refractivity contribution in [2.24, 2.45) is 0 Å². The number of carbonyl (C=O) groups is 1. The van der Waals surface area contributed by atoms with Gasteiger partial charge in [-0.2, -0.15) is 0 Å². The Hall–Kier alpha value is -1.32. The molecule has 0 unspecified atom stereocenters. The van der Waals surface area contributed by atoms with Crippen LogP contribution in [0.5, 0.6) is 0 Å². The van der Waals surface area contributed by atoms with E-state index < -0.39 is 17.8 Å². The second-order valence-corrected chi connectivity index (χ2v) is 3.25. The van der Waals surface area contributed by atoms with Gasteiger partial charge in [-0.1, -0.05) is 0 Å². The molecule has 0 N–H and O–H groups in total. The molecule has 0 fully saturated rings. The molecule has 1 aromatic carbocycles. The summed E-state index contributed by atoms with van der Waals surface area (Å²) in [6.07, 6.45) is -2.12. The minimum absolute atomic E-state index is 0.179. The van der Waals surface area contributed by atoms with Gasteiger partial charge in [0.1, 0.15) is 5.82 Å². The van der Waals surface area contributed by atoms with Gasteiger partial charge in [-0.05, 0) is 24.1 Å². The number of halogens is 3. The number of aryl methyl sites for hydroxylation is 1. The summed E-state index contributed by atoms with van der Waals surface area (Å²) in [7, 11) is 0. The van der Waals surface area contributed by atoms with Crippen LogP contribution in [0, 0.1) is 5.82 Å². The third-order valence-electron chi connectivity index (χ3n) is 2.38. The minimum Gasteiger partial charge on any atom is -0.294 e. The number of fused-ring (bicyclic) bond motifs is 1. The first-order chi connectivity index (χ1) is 6.59. The molecule has 2 rings (SSSR count). The lowest BCUT2D eigenvalue weighted by atomic mass is 10.1. The second kappa shape index (κ2) is 3.12. The molecule has 0 saturated carbocycles. The number of Topliss-reactive ketones (excluding diaryl/α,β-unsaturated/α-hetero) is 1. The highest BCUT2D eigenvalue weighted by Crippen LogP contribution is 2.29. The topological polar surface area (TPSA) is 17.1 Å². The quantitative estimate of drug-likeness (QED) is 0.681. The maximum absolute atomic E-state index is 13.0. The SMILES string of the molecule is O=C1CCc2cc(F)c(C(F)F)cc21. The van der Waals surface area contributed by atoms with Crippen molar-refractivity contribution in [3.8, 4) is 0 Å². The zero-order valence-corrected chi connectivity index (χ0v) is 7.19. The van der Waals surface area contributed by atoms with E-state index in [-0.39, 0.29) is 11.3 Å². The van der Waals surface area contributed by atoms with Gasteiger partial charge in [0.2, 0.25) is 0 Å². The monoisotopic (exact) mass is 200 g/mol. The van der Waals surface area contributed by atoms with Crippen molar-refractivity contribution >= 4 is 5.78 Å². The number of hydrogen-bond donors (Lipinski definition) is 0. The Morgan fingerprint density at radius 3 is 2.57 bits per heavy atom. The molecule has 0 spiro atoms. The lowest BCUT2D eigenvalue weighted by molar-refractivity contribution is 0.0994. The predicted molar refractivity (Wildman–Crippen MR) is 44.0 cm³/mol. The van der Waals surface area contributed by atoms with Crippen LogP contribution < -0.4 is 0 Å². The molecule has 1 aromatic rings. The highest BCUT2D eigenvalue weighted by Gasteiger charge is 2.24. The molecule has 0 aliphatic heterocycles. The molecular formula is C10H7F3O. The molecule has 0 saturated heterocycles. The summed E-state index contributed by atoms with van der Waals surface area (Å²) >= 11 is 0. The van der Waals surface area contributed by atoms with Crippen molar-refractivity contribution in [3.63, 3.8) is 0 Å². The van der Waals surface area contributed by atoms with Gasteiger partial charge in [0.05, 0.1) is 5.56 Å². The summed E-state index contributed by atoms with van der Waals surface area (Å²) in [5, 5.41) is 0. The van der Waals surface area contributed by atoms with Gasteiger partial charge in [0.25, 0.3) is 6.43 Å². The highest BCUT2D eigenvalue weighted by atomic mass is 19.3. The molecule has 1 nitrogen and oxygen atoms in total. The molecule has 4 heteroatoms. The van der Waals surface area contributed by atoms with Crippen LogP contribution in [0.3, 0.4) is 0 Å². The van der Waals surface area contributed by atoms with E-state index in [1.54, 1.807) is 0 Å². The Bertz CT molecular complexity index is 399. The largest absolute Gasteiger partial charge is 0.294 e. The van der Waals surface area contributed by atoms with Crippen molar-refractivity contribution < 1.29 is 18.0 Å². The minimum atomic E-state index is -2.87. The Morgan fingerprint density at radius 2 is 1.93 bits per heavy atom. The summed E-state index contributed by atoms with van der Waals surface area (Å²) in [5.74, 6) is -1.10.